The Morgan fingerprint density at radius 2 is 2.31 bits per heavy atom. The molecule has 0 radical (unpaired) electrons. The fourth-order valence-electron chi connectivity index (χ4n) is 0.866. The first-order chi connectivity index (χ1) is 6.22. The quantitative estimate of drug-likeness (QED) is 0.686. The number of nitrogens with one attached hydrogen (secondary N) is 1. The van der Waals surface area contributed by atoms with E-state index in [2.05, 4.69) is 5.32 Å². The summed E-state index contributed by atoms with van der Waals surface area (Å²) in [6.45, 7) is 0. The molecule has 0 atom stereocenters. The van der Waals surface area contributed by atoms with E-state index in [4.69, 9.17) is 0 Å². The van der Waals surface area contributed by atoms with Crippen LogP contribution in [-0.2, 0) is 4.79 Å². The molecule has 1 aromatic rings. The predicted molar refractivity (Wildman–Crippen MR) is 49.5 cm³/mol. The zero-order valence-electron chi connectivity index (χ0n) is 7.25. The van der Waals surface area contributed by atoms with E-state index in [-0.39, 0.29) is 11.7 Å². The fourth-order valence-corrected chi connectivity index (χ4v) is 0.866. The molecule has 0 aliphatic heterocycles. The van der Waals surface area contributed by atoms with Gasteiger partial charge in [-0.05, 0) is 23.8 Å². The lowest BCUT2D eigenvalue weighted by Gasteiger charge is -1.93. The lowest BCUT2D eigenvalue weighted by molar-refractivity contribution is -0.115. The highest BCUT2D eigenvalue weighted by atomic mass is 19.1. The van der Waals surface area contributed by atoms with Crippen LogP contribution in [0.4, 0.5) is 4.39 Å². The van der Waals surface area contributed by atoms with Crippen molar-refractivity contribution in [3.63, 3.8) is 0 Å². The minimum atomic E-state index is -0.306. The van der Waals surface area contributed by atoms with Crippen molar-refractivity contribution >= 4 is 12.0 Å². The zero-order chi connectivity index (χ0) is 9.68. The minimum absolute atomic E-state index is 0.204. The second kappa shape index (κ2) is 4.40. The highest BCUT2D eigenvalue weighted by molar-refractivity contribution is 5.91. The number of rotatable bonds is 2. The van der Waals surface area contributed by atoms with E-state index in [0.717, 1.165) is 0 Å². The van der Waals surface area contributed by atoms with Gasteiger partial charge in [0.1, 0.15) is 5.82 Å². The Hall–Kier alpha value is -1.64. The molecule has 2 nitrogen and oxygen atoms in total. The third kappa shape index (κ3) is 3.07. The summed E-state index contributed by atoms with van der Waals surface area (Å²) < 4.78 is 12.6. The van der Waals surface area contributed by atoms with E-state index in [9.17, 15) is 9.18 Å². The van der Waals surface area contributed by atoms with Gasteiger partial charge >= 0.3 is 0 Å². The minimum Gasteiger partial charge on any atom is -0.356 e. The van der Waals surface area contributed by atoms with Gasteiger partial charge in [-0.3, -0.25) is 4.79 Å². The van der Waals surface area contributed by atoms with Crippen LogP contribution in [0.25, 0.3) is 6.08 Å². The van der Waals surface area contributed by atoms with Crippen molar-refractivity contribution in [1.82, 2.24) is 5.32 Å². The molecule has 3 heteroatoms. The van der Waals surface area contributed by atoms with Gasteiger partial charge < -0.3 is 5.32 Å². The molecule has 13 heavy (non-hydrogen) atoms. The van der Waals surface area contributed by atoms with Crippen molar-refractivity contribution in [3.8, 4) is 0 Å². The number of likely N-dealkylation sites (N-methyl/N-ethyl adjacent to an activating group) is 1. The molecule has 1 N–H and O–H groups in total. The molecule has 0 fully saturated rings. The first-order valence-electron chi connectivity index (χ1n) is 3.88. The van der Waals surface area contributed by atoms with Crippen molar-refractivity contribution in [2.24, 2.45) is 0 Å². The zero-order valence-corrected chi connectivity index (χ0v) is 7.25. The summed E-state index contributed by atoms with van der Waals surface area (Å²) in [5.74, 6) is -0.511. The number of carbonyl (C=O) groups excluding carboxylic acids is 1. The number of carbonyl (C=O) groups is 1. The van der Waals surface area contributed by atoms with Gasteiger partial charge in [0.15, 0.2) is 0 Å². The maximum atomic E-state index is 12.6. The maximum Gasteiger partial charge on any atom is 0.243 e. The molecule has 1 rings (SSSR count). The molecule has 1 aromatic carbocycles. The molecule has 0 spiro atoms. The Kier molecular flexibility index (Phi) is 3.20. The number of halogens is 1. The predicted octanol–water partition coefficient (Wildman–Crippen LogP) is 1.58. The Morgan fingerprint density at radius 1 is 1.54 bits per heavy atom. The summed E-state index contributed by atoms with van der Waals surface area (Å²) in [5.41, 5.74) is 0.670. The van der Waals surface area contributed by atoms with Crippen LogP contribution >= 0.6 is 0 Å². The monoisotopic (exact) mass is 179 g/mol. The van der Waals surface area contributed by atoms with Crippen molar-refractivity contribution in [1.29, 1.82) is 0 Å². The molecule has 0 bridgehead atoms. The summed E-state index contributed by atoms with van der Waals surface area (Å²) in [4.78, 5) is 10.8. The lowest BCUT2D eigenvalue weighted by Crippen LogP contribution is -2.13. The van der Waals surface area contributed by atoms with Gasteiger partial charge in [-0.25, -0.2) is 4.39 Å². The number of hydrogen-bond donors (Lipinski definition) is 1. The van der Waals surface area contributed by atoms with Gasteiger partial charge in [0.2, 0.25) is 5.91 Å². The molecule has 0 unspecified atom stereocenters. The second-order valence-electron chi connectivity index (χ2n) is 2.50. The average Bonchev–Trinajstić information content (AvgIpc) is 2.14. The molecular weight excluding hydrogens is 169 g/mol. The number of amides is 1. The summed E-state index contributed by atoms with van der Waals surface area (Å²) in [6, 6.07) is 6.04. The molecule has 0 aromatic heterocycles. The Labute approximate surface area is 76.1 Å². The van der Waals surface area contributed by atoms with Crippen LogP contribution in [0.2, 0.25) is 0 Å². The van der Waals surface area contributed by atoms with Crippen molar-refractivity contribution in [3.05, 3.63) is 41.7 Å². The van der Waals surface area contributed by atoms with Crippen LogP contribution in [-0.4, -0.2) is 13.0 Å². The van der Waals surface area contributed by atoms with Gasteiger partial charge in [-0.2, -0.15) is 0 Å². The molecule has 1 amide bonds. The summed E-state index contributed by atoms with van der Waals surface area (Å²) >= 11 is 0. The van der Waals surface area contributed by atoms with Crippen molar-refractivity contribution in [2.75, 3.05) is 7.05 Å². The van der Waals surface area contributed by atoms with Gasteiger partial charge in [-0.15, -0.1) is 0 Å². The molecule has 0 aliphatic rings. The molecular formula is C10H10FNO. The number of hydrogen-bond acceptors (Lipinski definition) is 1. The lowest BCUT2D eigenvalue weighted by atomic mass is 10.2. The third-order valence-corrected chi connectivity index (χ3v) is 1.52. The Bertz CT molecular complexity index is 333. The van der Waals surface area contributed by atoms with Gasteiger partial charge in [0, 0.05) is 13.1 Å². The van der Waals surface area contributed by atoms with E-state index >= 15 is 0 Å². The average molecular weight is 179 g/mol. The summed E-state index contributed by atoms with van der Waals surface area (Å²) in [6.07, 6.45) is 2.91. The van der Waals surface area contributed by atoms with Crippen LogP contribution in [0, 0.1) is 5.82 Å². The van der Waals surface area contributed by atoms with E-state index in [1.54, 1.807) is 18.2 Å². The van der Waals surface area contributed by atoms with Crippen molar-refractivity contribution in [2.45, 2.75) is 0 Å². The molecule has 0 heterocycles. The molecule has 68 valence electrons. The van der Waals surface area contributed by atoms with E-state index in [1.165, 1.54) is 25.3 Å². The first kappa shape index (κ1) is 9.45. The Morgan fingerprint density at radius 3 is 2.92 bits per heavy atom. The van der Waals surface area contributed by atoms with E-state index in [1.807, 2.05) is 0 Å². The topological polar surface area (TPSA) is 29.1 Å². The van der Waals surface area contributed by atoms with Crippen LogP contribution in [0.5, 0.6) is 0 Å². The summed E-state index contributed by atoms with van der Waals surface area (Å²) in [5, 5.41) is 2.43. The fraction of sp³-hybridized carbons (Fsp3) is 0.100. The molecule has 0 saturated heterocycles. The molecule has 0 saturated carbocycles. The third-order valence-electron chi connectivity index (χ3n) is 1.52. The highest BCUT2D eigenvalue weighted by Gasteiger charge is 1.91. The van der Waals surface area contributed by atoms with Crippen LogP contribution in [0.15, 0.2) is 30.3 Å². The standard InChI is InChI=1S/C10H10FNO/c1-12-10(13)6-5-8-3-2-4-9(11)7-8/h2-7H,1H3,(H,12,13). The van der Waals surface area contributed by atoms with Gasteiger partial charge in [0.25, 0.3) is 0 Å². The van der Waals surface area contributed by atoms with Crippen LogP contribution in [0.3, 0.4) is 0 Å². The van der Waals surface area contributed by atoms with Crippen molar-refractivity contribution < 1.29 is 9.18 Å². The first-order valence-corrected chi connectivity index (χ1v) is 3.88. The highest BCUT2D eigenvalue weighted by Crippen LogP contribution is 2.04. The van der Waals surface area contributed by atoms with Gasteiger partial charge in [0.05, 0.1) is 0 Å². The smallest absolute Gasteiger partial charge is 0.243 e. The van der Waals surface area contributed by atoms with E-state index in [0.29, 0.717) is 5.56 Å². The number of benzene rings is 1. The van der Waals surface area contributed by atoms with Crippen LogP contribution < -0.4 is 5.32 Å². The normalized spacial score (nSPS) is 10.3. The van der Waals surface area contributed by atoms with Gasteiger partial charge in [-0.1, -0.05) is 12.1 Å². The second-order valence-corrected chi connectivity index (χ2v) is 2.50. The maximum absolute atomic E-state index is 12.6. The summed E-state index contributed by atoms with van der Waals surface area (Å²) in [7, 11) is 1.54. The SMILES string of the molecule is CNC(=O)C=Cc1cccc(F)c1. The van der Waals surface area contributed by atoms with E-state index < -0.39 is 0 Å². The molecule has 0 aliphatic carbocycles. The van der Waals surface area contributed by atoms with Crippen LogP contribution in [0.1, 0.15) is 5.56 Å². The Balaban J connectivity index is 2.74. The largest absolute Gasteiger partial charge is 0.356 e.